The number of carbonyl (C=O) groups is 2. The van der Waals surface area contributed by atoms with E-state index in [-0.39, 0.29) is 5.69 Å². The maximum absolute atomic E-state index is 11.4. The number of hydrogen-bond donors (Lipinski definition) is 0. The predicted molar refractivity (Wildman–Crippen MR) is 57.9 cm³/mol. The predicted octanol–water partition coefficient (Wildman–Crippen LogP) is 1.18. The van der Waals surface area contributed by atoms with Gasteiger partial charge in [-0.3, -0.25) is 9.78 Å². The monoisotopic (exact) mass is 238 g/mol. The van der Waals surface area contributed by atoms with Crippen molar-refractivity contribution in [2.75, 3.05) is 6.79 Å². The van der Waals surface area contributed by atoms with Crippen LogP contribution in [0.2, 0.25) is 0 Å². The van der Waals surface area contributed by atoms with Gasteiger partial charge in [-0.15, -0.1) is 0 Å². The summed E-state index contributed by atoms with van der Waals surface area (Å²) in [5.41, 5.74) is -0.557. The highest BCUT2D eigenvalue weighted by atomic mass is 16.7. The minimum Gasteiger partial charge on any atom is -0.427 e. The maximum Gasteiger partial charge on any atom is 0.361 e. The molecule has 0 aliphatic heterocycles. The van der Waals surface area contributed by atoms with Crippen molar-refractivity contribution in [2.45, 2.75) is 20.8 Å². The quantitative estimate of drug-likeness (QED) is 0.581. The van der Waals surface area contributed by atoms with Gasteiger partial charge in [-0.05, 0) is 20.8 Å². The van der Waals surface area contributed by atoms with Crippen LogP contribution >= 0.6 is 0 Å². The molecule has 1 rings (SSSR count). The molecule has 1 aromatic rings. The van der Waals surface area contributed by atoms with E-state index in [0.717, 1.165) is 0 Å². The third kappa shape index (κ3) is 4.18. The SMILES string of the molecule is CC(C)(C)C(=O)OCOC(=O)c1cnccn1. The molecule has 6 heteroatoms. The molecule has 0 aromatic carbocycles. The second-order valence-corrected chi connectivity index (χ2v) is 4.32. The van der Waals surface area contributed by atoms with E-state index in [9.17, 15) is 9.59 Å². The summed E-state index contributed by atoms with van der Waals surface area (Å²) in [7, 11) is 0. The largest absolute Gasteiger partial charge is 0.427 e. The molecule has 0 N–H and O–H groups in total. The second kappa shape index (κ2) is 5.38. The van der Waals surface area contributed by atoms with Gasteiger partial charge in [0.1, 0.15) is 0 Å². The van der Waals surface area contributed by atoms with Gasteiger partial charge in [0, 0.05) is 12.4 Å². The first-order chi connectivity index (χ1) is 7.91. The number of ether oxygens (including phenoxy) is 2. The molecule has 1 heterocycles. The summed E-state index contributed by atoms with van der Waals surface area (Å²) >= 11 is 0. The van der Waals surface area contributed by atoms with E-state index >= 15 is 0 Å². The Bertz CT molecular complexity index is 398. The van der Waals surface area contributed by atoms with Crippen LogP contribution < -0.4 is 0 Å². The zero-order valence-electron chi connectivity index (χ0n) is 9.97. The highest BCUT2D eigenvalue weighted by molar-refractivity contribution is 5.86. The van der Waals surface area contributed by atoms with Crippen molar-refractivity contribution in [1.29, 1.82) is 0 Å². The van der Waals surface area contributed by atoms with Crippen molar-refractivity contribution in [3.63, 3.8) is 0 Å². The molecule has 17 heavy (non-hydrogen) atoms. The molecule has 0 aliphatic carbocycles. The maximum atomic E-state index is 11.4. The Hall–Kier alpha value is -1.98. The standard InChI is InChI=1S/C11H14N2O4/c1-11(2,3)10(15)17-7-16-9(14)8-6-12-4-5-13-8/h4-6H,7H2,1-3H3. The van der Waals surface area contributed by atoms with Gasteiger partial charge in [-0.1, -0.05) is 0 Å². The van der Waals surface area contributed by atoms with E-state index in [0.29, 0.717) is 0 Å². The molecule has 1 aromatic heterocycles. The normalized spacial score (nSPS) is 10.8. The summed E-state index contributed by atoms with van der Waals surface area (Å²) in [6, 6.07) is 0. The van der Waals surface area contributed by atoms with Crippen molar-refractivity contribution in [3.8, 4) is 0 Å². The van der Waals surface area contributed by atoms with Crippen LogP contribution in [0.4, 0.5) is 0 Å². The molecule has 0 radical (unpaired) electrons. The van der Waals surface area contributed by atoms with Gasteiger partial charge < -0.3 is 9.47 Å². The fourth-order valence-electron chi connectivity index (χ4n) is 0.831. The number of carbonyl (C=O) groups excluding carboxylic acids is 2. The molecule has 0 atom stereocenters. The zero-order valence-corrected chi connectivity index (χ0v) is 9.97. The molecule has 0 unspecified atom stereocenters. The smallest absolute Gasteiger partial charge is 0.361 e. The first-order valence-corrected chi connectivity index (χ1v) is 5.01. The van der Waals surface area contributed by atoms with E-state index in [2.05, 4.69) is 9.97 Å². The van der Waals surface area contributed by atoms with Crippen molar-refractivity contribution in [3.05, 3.63) is 24.3 Å². The summed E-state index contributed by atoms with van der Waals surface area (Å²) in [6.45, 7) is 4.70. The summed E-state index contributed by atoms with van der Waals surface area (Å²) in [6.07, 6.45) is 4.09. The Morgan fingerprint density at radius 1 is 1.24 bits per heavy atom. The van der Waals surface area contributed by atoms with Gasteiger partial charge in [-0.2, -0.15) is 0 Å². The molecule has 0 fully saturated rings. The lowest BCUT2D eigenvalue weighted by Crippen LogP contribution is -2.24. The van der Waals surface area contributed by atoms with Crippen LogP contribution in [0.5, 0.6) is 0 Å². The number of esters is 2. The number of aromatic nitrogens is 2. The molecule has 0 spiro atoms. The Balaban J connectivity index is 2.38. The highest BCUT2D eigenvalue weighted by Crippen LogP contribution is 2.14. The Kier molecular flexibility index (Phi) is 4.14. The van der Waals surface area contributed by atoms with E-state index in [1.165, 1.54) is 18.6 Å². The molecule has 0 saturated carbocycles. The zero-order chi connectivity index (χ0) is 12.9. The Morgan fingerprint density at radius 2 is 1.94 bits per heavy atom. The average Bonchev–Trinajstić information content (AvgIpc) is 2.28. The van der Waals surface area contributed by atoms with Crippen molar-refractivity contribution in [1.82, 2.24) is 9.97 Å². The van der Waals surface area contributed by atoms with Crippen LogP contribution in [0.25, 0.3) is 0 Å². The van der Waals surface area contributed by atoms with Crippen LogP contribution in [-0.4, -0.2) is 28.7 Å². The van der Waals surface area contributed by atoms with Crippen LogP contribution in [0.3, 0.4) is 0 Å². The lowest BCUT2D eigenvalue weighted by Gasteiger charge is -2.16. The lowest BCUT2D eigenvalue weighted by atomic mass is 9.98. The summed E-state index contributed by atoms with van der Waals surface area (Å²) in [5, 5.41) is 0. The van der Waals surface area contributed by atoms with E-state index < -0.39 is 24.1 Å². The third-order valence-corrected chi connectivity index (χ3v) is 1.76. The van der Waals surface area contributed by atoms with Crippen LogP contribution in [0, 0.1) is 5.41 Å². The minimum absolute atomic E-state index is 0.0688. The molecular formula is C11H14N2O4. The lowest BCUT2D eigenvalue weighted by molar-refractivity contribution is -0.161. The van der Waals surface area contributed by atoms with Gasteiger partial charge in [0.2, 0.25) is 6.79 Å². The van der Waals surface area contributed by atoms with Crippen LogP contribution in [0.15, 0.2) is 18.6 Å². The van der Waals surface area contributed by atoms with Gasteiger partial charge in [0.25, 0.3) is 0 Å². The van der Waals surface area contributed by atoms with E-state index in [1.54, 1.807) is 20.8 Å². The van der Waals surface area contributed by atoms with Gasteiger partial charge in [0.05, 0.1) is 11.6 Å². The van der Waals surface area contributed by atoms with Crippen molar-refractivity contribution in [2.24, 2.45) is 5.41 Å². The first kappa shape index (κ1) is 13.1. The van der Waals surface area contributed by atoms with Gasteiger partial charge >= 0.3 is 11.9 Å². The van der Waals surface area contributed by atoms with E-state index in [1.807, 2.05) is 0 Å². The highest BCUT2D eigenvalue weighted by Gasteiger charge is 2.23. The fourth-order valence-corrected chi connectivity index (χ4v) is 0.831. The van der Waals surface area contributed by atoms with Gasteiger partial charge in [-0.25, -0.2) is 9.78 Å². The number of rotatable bonds is 3. The summed E-state index contributed by atoms with van der Waals surface area (Å²) < 4.78 is 9.48. The Labute approximate surface area is 99.0 Å². The number of hydrogen-bond acceptors (Lipinski definition) is 6. The fraction of sp³-hybridized carbons (Fsp3) is 0.455. The summed E-state index contributed by atoms with van der Waals surface area (Å²) in [4.78, 5) is 30.2. The molecular weight excluding hydrogens is 224 g/mol. The Morgan fingerprint density at radius 3 is 2.47 bits per heavy atom. The third-order valence-electron chi connectivity index (χ3n) is 1.76. The first-order valence-electron chi connectivity index (χ1n) is 5.01. The molecule has 6 nitrogen and oxygen atoms in total. The molecule has 0 amide bonds. The van der Waals surface area contributed by atoms with Crippen LogP contribution in [0.1, 0.15) is 31.3 Å². The van der Waals surface area contributed by atoms with E-state index in [4.69, 9.17) is 9.47 Å². The molecule has 0 aliphatic rings. The van der Waals surface area contributed by atoms with Crippen molar-refractivity contribution >= 4 is 11.9 Å². The van der Waals surface area contributed by atoms with Crippen LogP contribution in [-0.2, 0) is 14.3 Å². The summed E-state index contributed by atoms with van der Waals surface area (Å²) in [5.74, 6) is -1.12. The number of nitrogens with zero attached hydrogens (tertiary/aromatic N) is 2. The minimum atomic E-state index is -0.681. The molecule has 92 valence electrons. The average molecular weight is 238 g/mol. The second-order valence-electron chi connectivity index (χ2n) is 4.32. The molecule has 0 bridgehead atoms. The topological polar surface area (TPSA) is 78.4 Å². The van der Waals surface area contributed by atoms with Crippen molar-refractivity contribution < 1.29 is 19.1 Å². The van der Waals surface area contributed by atoms with Gasteiger partial charge in [0.15, 0.2) is 5.69 Å². The molecule has 0 saturated heterocycles.